The fourth-order valence-corrected chi connectivity index (χ4v) is 2.13. The highest BCUT2D eigenvalue weighted by atomic mass is 32.1. The molecule has 1 N–H and O–H groups in total. The smallest absolute Gasteiger partial charge is 0.306 e. The maximum Gasteiger partial charge on any atom is 0.306 e. The number of ether oxygens (including phenoxy) is 1. The standard InChI is InChI=1S/C13H22N2O2S/c1-4-10(3)8-14-13-15-11(9-18-13)6-7-12(16)17-5-2/h9-10H,4-8H2,1-3H3,(H,14,15). The van der Waals surface area contributed by atoms with Crippen LogP contribution in [-0.4, -0.2) is 24.1 Å². The SMILES string of the molecule is CCOC(=O)CCc1csc(NCC(C)CC)n1. The van der Waals surface area contributed by atoms with Crippen molar-refractivity contribution < 1.29 is 9.53 Å². The number of hydrogen-bond acceptors (Lipinski definition) is 5. The Labute approximate surface area is 113 Å². The van der Waals surface area contributed by atoms with E-state index in [1.54, 1.807) is 11.3 Å². The lowest BCUT2D eigenvalue weighted by atomic mass is 10.1. The fourth-order valence-electron chi connectivity index (χ4n) is 1.37. The first-order valence-electron chi connectivity index (χ1n) is 6.49. The van der Waals surface area contributed by atoms with Crippen molar-refractivity contribution in [1.82, 2.24) is 4.98 Å². The Kier molecular flexibility index (Phi) is 6.72. The molecule has 102 valence electrons. The van der Waals surface area contributed by atoms with E-state index in [2.05, 4.69) is 24.1 Å². The molecule has 0 aliphatic rings. The Hall–Kier alpha value is -1.10. The van der Waals surface area contributed by atoms with Crippen LogP contribution in [0.4, 0.5) is 5.13 Å². The summed E-state index contributed by atoms with van der Waals surface area (Å²) in [6.45, 7) is 7.60. The summed E-state index contributed by atoms with van der Waals surface area (Å²) >= 11 is 1.59. The van der Waals surface area contributed by atoms with Crippen molar-refractivity contribution in [3.05, 3.63) is 11.1 Å². The van der Waals surface area contributed by atoms with E-state index in [0.717, 1.165) is 23.8 Å². The van der Waals surface area contributed by atoms with Gasteiger partial charge in [-0.3, -0.25) is 4.79 Å². The third-order valence-corrected chi connectivity index (χ3v) is 3.59. The van der Waals surface area contributed by atoms with Gasteiger partial charge in [-0.25, -0.2) is 4.98 Å². The van der Waals surface area contributed by atoms with E-state index >= 15 is 0 Å². The highest BCUT2D eigenvalue weighted by Crippen LogP contribution is 2.17. The number of anilines is 1. The molecule has 4 nitrogen and oxygen atoms in total. The summed E-state index contributed by atoms with van der Waals surface area (Å²) in [7, 11) is 0. The van der Waals surface area contributed by atoms with Gasteiger partial charge >= 0.3 is 5.97 Å². The minimum absolute atomic E-state index is 0.153. The molecule has 1 rings (SSSR count). The van der Waals surface area contributed by atoms with Crippen molar-refractivity contribution >= 4 is 22.4 Å². The average molecular weight is 270 g/mol. The molecule has 1 heterocycles. The van der Waals surface area contributed by atoms with Gasteiger partial charge in [-0.15, -0.1) is 11.3 Å². The normalized spacial score (nSPS) is 12.2. The van der Waals surface area contributed by atoms with Crippen molar-refractivity contribution in [2.75, 3.05) is 18.5 Å². The number of aromatic nitrogens is 1. The highest BCUT2D eigenvalue weighted by Gasteiger charge is 2.07. The van der Waals surface area contributed by atoms with Crippen molar-refractivity contribution in [1.29, 1.82) is 0 Å². The van der Waals surface area contributed by atoms with E-state index in [1.807, 2.05) is 12.3 Å². The number of nitrogens with one attached hydrogen (secondary N) is 1. The number of carbonyl (C=O) groups is 1. The molecule has 1 aromatic rings. The molecule has 0 saturated heterocycles. The van der Waals surface area contributed by atoms with Crippen molar-refractivity contribution in [3.8, 4) is 0 Å². The number of hydrogen-bond donors (Lipinski definition) is 1. The molecule has 0 aliphatic carbocycles. The zero-order chi connectivity index (χ0) is 13.4. The predicted octanol–water partition coefficient (Wildman–Crippen LogP) is 3.10. The van der Waals surface area contributed by atoms with Crippen molar-refractivity contribution in [3.63, 3.8) is 0 Å². The molecule has 0 amide bonds. The molecule has 0 aliphatic heterocycles. The molecule has 0 fully saturated rings. The molecule has 0 radical (unpaired) electrons. The summed E-state index contributed by atoms with van der Waals surface area (Å²) in [5.74, 6) is 0.497. The van der Waals surface area contributed by atoms with Crippen LogP contribution < -0.4 is 5.32 Å². The van der Waals surface area contributed by atoms with E-state index < -0.39 is 0 Å². The topological polar surface area (TPSA) is 51.2 Å². The third kappa shape index (κ3) is 5.49. The van der Waals surface area contributed by atoms with Gasteiger partial charge in [0, 0.05) is 18.3 Å². The predicted molar refractivity (Wildman–Crippen MR) is 75.0 cm³/mol. The van der Waals surface area contributed by atoms with Gasteiger partial charge in [0.15, 0.2) is 5.13 Å². The van der Waals surface area contributed by atoms with Gasteiger partial charge in [0.2, 0.25) is 0 Å². The molecule has 1 atom stereocenters. The van der Waals surface area contributed by atoms with Gasteiger partial charge in [0.05, 0.1) is 18.7 Å². The van der Waals surface area contributed by atoms with Gasteiger partial charge in [0.25, 0.3) is 0 Å². The summed E-state index contributed by atoms with van der Waals surface area (Å²) in [6, 6.07) is 0. The minimum Gasteiger partial charge on any atom is -0.466 e. The van der Waals surface area contributed by atoms with Crippen LogP contribution >= 0.6 is 11.3 Å². The third-order valence-electron chi connectivity index (χ3n) is 2.74. The van der Waals surface area contributed by atoms with Gasteiger partial charge in [0.1, 0.15) is 0 Å². The van der Waals surface area contributed by atoms with E-state index in [9.17, 15) is 4.79 Å². The Morgan fingerprint density at radius 1 is 1.56 bits per heavy atom. The van der Waals surface area contributed by atoms with Crippen LogP contribution in [0, 0.1) is 5.92 Å². The highest BCUT2D eigenvalue weighted by molar-refractivity contribution is 7.13. The molecule has 0 aromatic carbocycles. The lowest BCUT2D eigenvalue weighted by Gasteiger charge is -2.08. The monoisotopic (exact) mass is 270 g/mol. The Morgan fingerprint density at radius 3 is 3.00 bits per heavy atom. The molecule has 5 heteroatoms. The molecule has 1 unspecified atom stereocenters. The Balaban J connectivity index is 2.32. The van der Waals surface area contributed by atoms with Gasteiger partial charge in [-0.1, -0.05) is 20.3 Å². The van der Waals surface area contributed by atoms with Gasteiger partial charge in [-0.05, 0) is 12.8 Å². The molecular weight excluding hydrogens is 248 g/mol. The van der Waals surface area contributed by atoms with Gasteiger partial charge < -0.3 is 10.1 Å². The number of carbonyl (C=O) groups excluding carboxylic acids is 1. The lowest BCUT2D eigenvalue weighted by Crippen LogP contribution is -2.10. The maximum atomic E-state index is 11.2. The quantitative estimate of drug-likeness (QED) is 0.737. The van der Waals surface area contributed by atoms with Crippen LogP contribution in [0.5, 0.6) is 0 Å². The van der Waals surface area contributed by atoms with Crippen LogP contribution in [0.1, 0.15) is 39.3 Å². The Bertz CT molecular complexity index is 366. The van der Waals surface area contributed by atoms with E-state index in [-0.39, 0.29) is 5.97 Å². The van der Waals surface area contributed by atoms with Crippen LogP contribution in [-0.2, 0) is 16.0 Å². The number of rotatable bonds is 8. The maximum absolute atomic E-state index is 11.2. The van der Waals surface area contributed by atoms with Crippen LogP contribution in [0.2, 0.25) is 0 Å². The number of esters is 1. The van der Waals surface area contributed by atoms with Crippen LogP contribution in [0.3, 0.4) is 0 Å². The summed E-state index contributed by atoms with van der Waals surface area (Å²) in [5, 5.41) is 6.26. The molecule has 0 bridgehead atoms. The summed E-state index contributed by atoms with van der Waals surface area (Å²) in [4.78, 5) is 15.7. The first-order valence-corrected chi connectivity index (χ1v) is 7.37. The molecule has 1 aromatic heterocycles. The Morgan fingerprint density at radius 2 is 2.33 bits per heavy atom. The average Bonchev–Trinajstić information content (AvgIpc) is 2.82. The summed E-state index contributed by atoms with van der Waals surface area (Å²) < 4.78 is 4.88. The second-order valence-electron chi connectivity index (χ2n) is 4.34. The lowest BCUT2D eigenvalue weighted by molar-refractivity contribution is -0.143. The van der Waals surface area contributed by atoms with Crippen LogP contribution in [0.15, 0.2) is 5.38 Å². The van der Waals surface area contributed by atoms with E-state index in [1.165, 1.54) is 0 Å². The van der Waals surface area contributed by atoms with Crippen LogP contribution in [0.25, 0.3) is 0 Å². The van der Waals surface area contributed by atoms with Gasteiger partial charge in [-0.2, -0.15) is 0 Å². The summed E-state index contributed by atoms with van der Waals surface area (Å²) in [6.07, 6.45) is 2.22. The first kappa shape index (κ1) is 15.0. The molecule has 18 heavy (non-hydrogen) atoms. The molecule has 0 spiro atoms. The number of nitrogens with zero attached hydrogens (tertiary/aromatic N) is 1. The number of thiazole rings is 1. The van der Waals surface area contributed by atoms with Crippen molar-refractivity contribution in [2.45, 2.75) is 40.0 Å². The second-order valence-corrected chi connectivity index (χ2v) is 5.20. The molecule has 0 saturated carbocycles. The zero-order valence-electron chi connectivity index (χ0n) is 11.4. The first-order chi connectivity index (χ1) is 8.65. The van der Waals surface area contributed by atoms with Crippen molar-refractivity contribution in [2.24, 2.45) is 5.92 Å². The molecular formula is C13H22N2O2S. The van der Waals surface area contributed by atoms with E-state index in [4.69, 9.17) is 4.74 Å². The van der Waals surface area contributed by atoms with E-state index in [0.29, 0.717) is 25.4 Å². The summed E-state index contributed by atoms with van der Waals surface area (Å²) in [5.41, 5.74) is 0.958. The minimum atomic E-state index is -0.153. The fraction of sp³-hybridized carbons (Fsp3) is 0.692. The number of aryl methyl sites for hydroxylation is 1. The largest absolute Gasteiger partial charge is 0.466 e. The second kappa shape index (κ2) is 8.08. The zero-order valence-corrected chi connectivity index (χ0v) is 12.2.